The molecule has 0 amide bonds. The number of halogens is 4. The van der Waals surface area contributed by atoms with E-state index in [0.717, 1.165) is 12.1 Å². The molecule has 0 unspecified atom stereocenters. The van der Waals surface area contributed by atoms with Gasteiger partial charge in [-0.25, -0.2) is 0 Å². The first kappa shape index (κ1) is 12.9. The lowest BCUT2D eigenvalue weighted by molar-refractivity contribution is -0.137. The normalized spacial score (nSPS) is 11.8. The topological polar surface area (TPSA) is 30.7 Å². The van der Waals surface area contributed by atoms with Gasteiger partial charge in [0.15, 0.2) is 0 Å². The third kappa shape index (κ3) is 2.48. The highest BCUT2D eigenvalue weighted by Gasteiger charge is 2.30. The highest BCUT2D eigenvalue weighted by atomic mass is 35.5. The molecule has 1 aromatic carbocycles. The largest absolute Gasteiger partial charge is 0.416 e. The Hall–Kier alpha value is -1.56. The van der Waals surface area contributed by atoms with E-state index in [0.29, 0.717) is 17.1 Å². The zero-order valence-electron chi connectivity index (χ0n) is 9.37. The molecule has 0 aliphatic carbocycles. The molecule has 96 valence electrons. The summed E-state index contributed by atoms with van der Waals surface area (Å²) < 4.78 is 37.2. The summed E-state index contributed by atoms with van der Waals surface area (Å²) in [7, 11) is 0. The minimum absolute atomic E-state index is 0.215. The summed E-state index contributed by atoms with van der Waals surface area (Å²) in [5, 5.41) is 8.17. The van der Waals surface area contributed by atoms with Crippen molar-refractivity contribution in [3.63, 3.8) is 0 Å². The quantitative estimate of drug-likeness (QED) is 0.787. The van der Waals surface area contributed by atoms with Crippen molar-refractivity contribution in [1.29, 1.82) is 0 Å². The van der Waals surface area contributed by atoms with Gasteiger partial charge in [0.25, 0.3) is 0 Å². The van der Waals surface area contributed by atoms with E-state index in [2.05, 4.69) is 10.2 Å². The monoisotopic (exact) mass is 275 g/mol. The average molecular weight is 276 g/mol. The van der Waals surface area contributed by atoms with Gasteiger partial charge in [0.1, 0.15) is 5.69 Å². The lowest BCUT2D eigenvalue weighted by Crippen LogP contribution is -2.06. The number of hydrogen-bond acceptors (Lipinski definition) is 2. The Morgan fingerprint density at radius 1 is 1.17 bits per heavy atom. The van der Waals surface area contributed by atoms with Crippen molar-refractivity contribution >= 4 is 11.6 Å². The molecule has 0 saturated carbocycles. The molecule has 0 saturated heterocycles. The first-order chi connectivity index (χ1) is 8.41. The van der Waals surface area contributed by atoms with Crippen molar-refractivity contribution in [2.75, 3.05) is 0 Å². The first-order valence-electron chi connectivity index (χ1n) is 5.08. The Bertz CT molecular complexity index is 546. The molecule has 0 bridgehead atoms. The Balaban J connectivity index is 2.34. The smallest absolute Gasteiger partial charge is 0.166 e. The van der Waals surface area contributed by atoms with Gasteiger partial charge in [0.05, 0.1) is 22.8 Å². The second kappa shape index (κ2) is 4.61. The molecule has 2 aromatic rings. The summed E-state index contributed by atoms with van der Waals surface area (Å²) in [6, 6.07) is 4.63. The molecular weight excluding hydrogens is 267 g/mol. The summed E-state index contributed by atoms with van der Waals surface area (Å²) in [6.45, 7) is 1.74. The summed E-state index contributed by atoms with van der Waals surface area (Å²) in [5.74, 6) is 0.215. The second-order valence-corrected chi connectivity index (χ2v) is 3.97. The first-order valence-corrected chi connectivity index (χ1v) is 5.61. The third-order valence-corrected chi connectivity index (χ3v) is 2.68. The van der Waals surface area contributed by atoms with Gasteiger partial charge in [-0.15, -0.1) is 11.6 Å². The van der Waals surface area contributed by atoms with Gasteiger partial charge >= 0.3 is 6.18 Å². The molecule has 0 fully saturated rings. The Morgan fingerprint density at radius 2 is 1.78 bits per heavy atom. The van der Waals surface area contributed by atoms with Gasteiger partial charge in [-0.1, -0.05) is 0 Å². The maximum absolute atomic E-state index is 12.4. The van der Waals surface area contributed by atoms with Crippen LogP contribution in [-0.2, 0) is 12.1 Å². The van der Waals surface area contributed by atoms with Gasteiger partial charge in [-0.3, -0.25) is 0 Å². The molecule has 2 rings (SSSR count). The van der Waals surface area contributed by atoms with Gasteiger partial charge in [0.2, 0.25) is 0 Å². The number of alkyl halides is 4. The van der Waals surface area contributed by atoms with Crippen LogP contribution in [0.5, 0.6) is 0 Å². The Labute approximate surface area is 106 Å². The highest BCUT2D eigenvalue weighted by Crippen LogP contribution is 2.29. The summed E-state index contributed by atoms with van der Waals surface area (Å²) in [5.41, 5.74) is 1.02. The van der Waals surface area contributed by atoms with Gasteiger partial charge < -0.3 is 0 Å². The van der Waals surface area contributed by atoms with Crippen molar-refractivity contribution in [1.82, 2.24) is 15.0 Å². The van der Waals surface area contributed by atoms with Crippen molar-refractivity contribution in [2.45, 2.75) is 19.0 Å². The number of hydrogen-bond donors (Lipinski definition) is 0. The fourth-order valence-corrected chi connectivity index (χ4v) is 1.68. The van der Waals surface area contributed by atoms with E-state index in [1.807, 2.05) is 0 Å². The van der Waals surface area contributed by atoms with Crippen molar-refractivity contribution in [3.05, 3.63) is 41.2 Å². The number of nitrogens with zero attached hydrogens (tertiary/aromatic N) is 3. The molecule has 0 aliphatic heterocycles. The van der Waals surface area contributed by atoms with E-state index in [9.17, 15) is 13.2 Å². The molecular formula is C11H9ClF3N3. The summed E-state index contributed by atoms with van der Waals surface area (Å²) in [6.07, 6.45) is -4.34. The van der Waals surface area contributed by atoms with Crippen LogP contribution in [0.4, 0.5) is 13.2 Å². The van der Waals surface area contributed by atoms with Crippen LogP contribution >= 0.6 is 11.6 Å². The standard InChI is InChI=1S/C11H9ClF3N3/c1-7-10(6-12)17-18(16-7)9-4-2-8(3-5-9)11(13,14)15/h2-5H,6H2,1H3. The maximum Gasteiger partial charge on any atom is 0.416 e. The van der Waals surface area contributed by atoms with E-state index in [1.54, 1.807) is 6.92 Å². The summed E-state index contributed by atoms with van der Waals surface area (Å²) >= 11 is 5.65. The minimum atomic E-state index is -4.34. The van der Waals surface area contributed by atoms with Crippen LogP contribution in [0, 0.1) is 6.92 Å². The molecule has 18 heavy (non-hydrogen) atoms. The highest BCUT2D eigenvalue weighted by molar-refractivity contribution is 6.16. The fourth-order valence-electron chi connectivity index (χ4n) is 1.43. The molecule has 0 atom stereocenters. The Kier molecular flexibility index (Phi) is 3.30. The molecule has 0 radical (unpaired) electrons. The number of aryl methyl sites for hydroxylation is 1. The van der Waals surface area contributed by atoms with Crippen LogP contribution in [0.15, 0.2) is 24.3 Å². The molecule has 3 nitrogen and oxygen atoms in total. The van der Waals surface area contributed by atoms with Crippen molar-refractivity contribution in [2.24, 2.45) is 0 Å². The Morgan fingerprint density at radius 3 is 2.22 bits per heavy atom. The predicted molar refractivity (Wildman–Crippen MR) is 60.7 cm³/mol. The molecule has 0 N–H and O–H groups in total. The van der Waals surface area contributed by atoms with Crippen LogP contribution in [0.3, 0.4) is 0 Å². The van der Waals surface area contributed by atoms with Gasteiger partial charge in [-0.2, -0.15) is 28.2 Å². The van der Waals surface area contributed by atoms with Crippen molar-refractivity contribution < 1.29 is 13.2 Å². The van der Waals surface area contributed by atoms with Crippen molar-refractivity contribution in [3.8, 4) is 5.69 Å². The van der Waals surface area contributed by atoms with Crippen LogP contribution in [0.2, 0.25) is 0 Å². The third-order valence-electron chi connectivity index (χ3n) is 2.43. The number of benzene rings is 1. The van der Waals surface area contributed by atoms with Gasteiger partial charge in [0, 0.05) is 0 Å². The van der Waals surface area contributed by atoms with Crippen LogP contribution in [0.25, 0.3) is 5.69 Å². The van der Waals surface area contributed by atoms with E-state index < -0.39 is 11.7 Å². The molecule has 0 spiro atoms. The van der Waals surface area contributed by atoms with E-state index in [1.165, 1.54) is 16.9 Å². The van der Waals surface area contributed by atoms with E-state index in [4.69, 9.17) is 11.6 Å². The number of aromatic nitrogens is 3. The second-order valence-electron chi connectivity index (χ2n) is 3.70. The molecule has 0 aliphatic rings. The molecule has 1 aromatic heterocycles. The maximum atomic E-state index is 12.4. The van der Waals surface area contributed by atoms with Crippen LogP contribution in [0.1, 0.15) is 17.0 Å². The minimum Gasteiger partial charge on any atom is -0.166 e. The lowest BCUT2D eigenvalue weighted by atomic mass is 10.2. The molecule has 1 heterocycles. The van der Waals surface area contributed by atoms with Crippen LogP contribution in [-0.4, -0.2) is 15.0 Å². The number of rotatable bonds is 2. The average Bonchev–Trinajstić information content (AvgIpc) is 2.69. The van der Waals surface area contributed by atoms with Crippen LogP contribution < -0.4 is 0 Å². The zero-order valence-corrected chi connectivity index (χ0v) is 10.1. The van der Waals surface area contributed by atoms with E-state index in [-0.39, 0.29) is 5.88 Å². The predicted octanol–water partition coefficient (Wildman–Crippen LogP) is 3.33. The molecule has 7 heteroatoms. The van der Waals surface area contributed by atoms with E-state index >= 15 is 0 Å². The summed E-state index contributed by atoms with van der Waals surface area (Å²) in [4.78, 5) is 1.27. The lowest BCUT2D eigenvalue weighted by Gasteiger charge is -2.06. The fraction of sp³-hybridized carbons (Fsp3) is 0.273. The SMILES string of the molecule is Cc1nn(-c2ccc(C(F)(F)F)cc2)nc1CCl. The van der Waals surface area contributed by atoms with Gasteiger partial charge in [-0.05, 0) is 31.2 Å². The zero-order chi connectivity index (χ0) is 13.3.